The zero-order valence-corrected chi connectivity index (χ0v) is 16.3. The number of esters is 1. The molecule has 3 N–H and O–H groups in total. The van der Waals surface area contributed by atoms with Gasteiger partial charge in [-0.2, -0.15) is 9.36 Å². The van der Waals surface area contributed by atoms with Crippen molar-refractivity contribution in [1.82, 2.24) is 15.0 Å². The summed E-state index contributed by atoms with van der Waals surface area (Å²) < 4.78 is 9.07. The van der Waals surface area contributed by atoms with Gasteiger partial charge in [0.25, 0.3) is 0 Å². The van der Waals surface area contributed by atoms with E-state index in [0.717, 1.165) is 13.1 Å². The molecule has 1 aromatic rings. The number of nitrogens with zero attached hydrogens (tertiary/aromatic N) is 3. The molecule has 0 amide bonds. The number of aromatic nitrogens is 3. The van der Waals surface area contributed by atoms with Crippen molar-refractivity contribution in [2.45, 2.75) is 51.3 Å². The molecule has 0 aliphatic carbocycles. The van der Waals surface area contributed by atoms with Crippen molar-refractivity contribution in [3.8, 4) is 0 Å². The van der Waals surface area contributed by atoms with Gasteiger partial charge in [-0.05, 0) is 18.8 Å². The SMILES string of the molecule is CCOC(=O)[C@@H]([C@@H]1NC(C(=O)O)=C(SC2Cn3cnc[n+]3C2)[C@@H]1C)[C@@H](C)O. The Kier molecular flexibility index (Phi) is 5.75. The van der Waals surface area contributed by atoms with Gasteiger partial charge in [0.05, 0.1) is 24.5 Å². The van der Waals surface area contributed by atoms with E-state index in [9.17, 15) is 19.8 Å². The third kappa shape index (κ3) is 3.81. The number of carbonyl (C=O) groups is 2. The van der Waals surface area contributed by atoms with Crippen LogP contribution in [0.3, 0.4) is 0 Å². The number of rotatable bonds is 7. The molecule has 0 fully saturated rings. The molecular formula is C17H25N4O5S+. The van der Waals surface area contributed by atoms with Gasteiger partial charge in [0.1, 0.15) is 18.2 Å². The number of nitrogens with one attached hydrogen (secondary N) is 1. The molecule has 0 spiro atoms. The highest BCUT2D eigenvalue weighted by molar-refractivity contribution is 8.03. The second kappa shape index (κ2) is 7.89. The maximum absolute atomic E-state index is 12.4. The fraction of sp³-hybridized carbons (Fsp3) is 0.647. The molecule has 0 radical (unpaired) electrons. The van der Waals surface area contributed by atoms with Crippen LogP contribution in [0.4, 0.5) is 0 Å². The zero-order chi connectivity index (χ0) is 19.7. The van der Waals surface area contributed by atoms with E-state index in [4.69, 9.17) is 4.74 Å². The smallest absolute Gasteiger partial charge is 0.352 e. The number of hydrogen-bond donors (Lipinski definition) is 3. The van der Waals surface area contributed by atoms with Crippen molar-refractivity contribution in [3.05, 3.63) is 23.3 Å². The van der Waals surface area contributed by atoms with Crippen molar-refractivity contribution < 1.29 is 29.2 Å². The Labute approximate surface area is 161 Å². The van der Waals surface area contributed by atoms with Gasteiger partial charge in [0.2, 0.25) is 6.33 Å². The monoisotopic (exact) mass is 397 g/mol. The van der Waals surface area contributed by atoms with Gasteiger partial charge in [-0.25, -0.2) is 4.79 Å². The predicted octanol–water partition coefficient (Wildman–Crippen LogP) is -0.250. The summed E-state index contributed by atoms with van der Waals surface area (Å²) in [6.07, 6.45) is 2.53. The molecular weight excluding hydrogens is 372 g/mol. The number of fused-ring (bicyclic) bond motifs is 1. The lowest BCUT2D eigenvalue weighted by Gasteiger charge is -2.28. The number of carbonyl (C=O) groups excluding carboxylic acids is 1. The van der Waals surface area contributed by atoms with Gasteiger partial charge < -0.3 is 20.3 Å². The van der Waals surface area contributed by atoms with Crippen molar-refractivity contribution in [1.29, 1.82) is 0 Å². The highest BCUT2D eigenvalue weighted by Crippen LogP contribution is 2.41. The predicted molar refractivity (Wildman–Crippen MR) is 96.4 cm³/mol. The minimum absolute atomic E-state index is 0.104. The summed E-state index contributed by atoms with van der Waals surface area (Å²) in [6, 6.07) is -0.535. The number of thioether (sulfide) groups is 1. The number of aliphatic hydroxyl groups is 1. The summed E-state index contributed by atoms with van der Waals surface area (Å²) in [6.45, 7) is 6.78. The van der Waals surface area contributed by atoms with Crippen molar-refractivity contribution in [2.24, 2.45) is 11.8 Å². The molecule has 1 aromatic heterocycles. The molecule has 3 heterocycles. The fourth-order valence-corrected chi connectivity index (χ4v) is 5.16. The molecule has 0 aromatic carbocycles. The van der Waals surface area contributed by atoms with Gasteiger partial charge in [-0.15, -0.1) is 11.8 Å². The molecule has 9 nitrogen and oxygen atoms in total. The Bertz CT molecular complexity index is 742. The first-order chi connectivity index (χ1) is 12.8. The normalized spacial score (nSPS) is 26.4. The average molecular weight is 397 g/mol. The van der Waals surface area contributed by atoms with Crippen LogP contribution in [0.25, 0.3) is 0 Å². The van der Waals surface area contributed by atoms with E-state index in [0.29, 0.717) is 4.91 Å². The van der Waals surface area contributed by atoms with E-state index < -0.39 is 30.0 Å². The van der Waals surface area contributed by atoms with Gasteiger partial charge in [-0.3, -0.25) is 4.79 Å². The lowest BCUT2D eigenvalue weighted by atomic mass is 9.87. The average Bonchev–Trinajstić information content (AvgIpc) is 3.24. The number of aliphatic carboxylic acids is 1. The summed E-state index contributed by atoms with van der Waals surface area (Å²) in [5, 5.41) is 22.9. The van der Waals surface area contributed by atoms with Crippen LogP contribution < -0.4 is 10.00 Å². The topological polar surface area (TPSA) is 118 Å². The van der Waals surface area contributed by atoms with Crippen LogP contribution in [0.1, 0.15) is 20.8 Å². The van der Waals surface area contributed by atoms with E-state index in [-0.39, 0.29) is 23.5 Å². The van der Waals surface area contributed by atoms with Crippen molar-refractivity contribution >= 4 is 23.7 Å². The first kappa shape index (κ1) is 19.7. The summed E-state index contributed by atoms with van der Waals surface area (Å²) in [5.74, 6) is -2.67. The molecule has 148 valence electrons. The van der Waals surface area contributed by atoms with Gasteiger partial charge >= 0.3 is 18.3 Å². The number of carboxylic acids is 1. The largest absolute Gasteiger partial charge is 0.477 e. The molecule has 0 saturated carbocycles. The molecule has 3 rings (SSSR count). The molecule has 2 aliphatic heterocycles. The summed E-state index contributed by atoms with van der Waals surface area (Å²) in [4.78, 5) is 28.9. The first-order valence-electron chi connectivity index (χ1n) is 8.98. The van der Waals surface area contributed by atoms with Crippen LogP contribution in [0.5, 0.6) is 0 Å². The van der Waals surface area contributed by atoms with Crippen molar-refractivity contribution in [2.75, 3.05) is 6.61 Å². The number of ether oxygens (including phenoxy) is 1. The standard InChI is InChI=1S/C17H24N4O5S/c1-4-26-17(25)12(10(3)22)13-9(2)15(14(19-13)16(23)24)27-11-5-20-7-18-8-21(20)6-11/h7-13,19,22H,4-6H2,1-3H3/p+1/t9-,10-,12-,13-/m1/s1. The molecule has 0 unspecified atom stereocenters. The Morgan fingerprint density at radius 2 is 2.30 bits per heavy atom. The second-order valence-electron chi connectivity index (χ2n) is 6.89. The van der Waals surface area contributed by atoms with Crippen LogP contribution in [0, 0.1) is 11.8 Å². The molecule has 2 aliphatic rings. The lowest BCUT2D eigenvalue weighted by molar-refractivity contribution is -0.758. The summed E-state index contributed by atoms with van der Waals surface area (Å²) >= 11 is 1.51. The maximum Gasteiger partial charge on any atom is 0.352 e. The fourth-order valence-electron chi connectivity index (χ4n) is 3.72. The Morgan fingerprint density at radius 3 is 2.89 bits per heavy atom. The molecule has 0 saturated heterocycles. The van der Waals surface area contributed by atoms with Crippen LogP contribution >= 0.6 is 11.8 Å². The number of hydrogen-bond acceptors (Lipinski definition) is 7. The van der Waals surface area contributed by atoms with Crippen LogP contribution in [-0.2, 0) is 27.4 Å². The van der Waals surface area contributed by atoms with Gasteiger partial charge in [0.15, 0.2) is 0 Å². The molecule has 27 heavy (non-hydrogen) atoms. The Balaban J connectivity index is 1.79. The van der Waals surface area contributed by atoms with E-state index in [1.165, 1.54) is 18.7 Å². The van der Waals surface area contributed by atoms with Gasteiger partial charge in [-0.1, -0.05) is 6.92 Å². The summed E-state index contributed by atoms with van der Waals surface area (Å²) in [7, 11) is 0. The zero-order valence-electron chi connectivity index (χ0n) is 15.5. The van der Waals surface area contributed by atoms with E-state index >= 15 is 0 Å². The highest BCUT2D eigenvalue weighted by atomic mass is 32.2. The minimum atomic E-state index is -1.06. The van der Waals surface area contributed by atoms with Gasteiger partial charge in [0, 0.05) is 16.9 Å². The Hall–Kier alpha value is -2.07. The van der Waals surface area contributed by atoms with E-state index in [1.807, 2.05) is 16.3 Å². The van der Waals surface area contributed by atoms with E-state index in [2.05, 4.69) is 10.3 Å². The first-order valence-corrected chi connectivity index (χ1v) is 9.86. The Morgan fingerprint density at radius 1 is 1.56 bits per heavy atom. The third-order valence-electron chi connectivity index (χ3n) is 4.99. The van der Waals surface area contributed by atoms with Crippen molar-refractivity contribution in [3.63, 3.8) is 0 Å². The second-order valence-corrected chi connectivity index (χ2v) is 8.23. The van der Waals surface area contributed by atoms with Crippen LogP contribution in [0.15, 0.2) is 23.3 Å². The molecule has 4 atom stereocenters. The van der Waals surface area contributed by atoms with E-state index in [1.54, 1.807) is 19.6 Å². The summed E-state index contributed by atoms with van der Waals surface area (Å²) in [5.41, 5.74) is 0.104. The number of aliphatic hydroxyl groups excluding tert-OH is 1. The number of carboxylic acid groups (broad SMARTS) is 1. The third-order valence-corrected chi connectivity index (χ3v) is 6.46. The maximum atomic E-state index is 12.4. The van der Waals surface area contributed by atoms with Crippen LogP contribution in [0.2, 0.25) is 0 Å². The lowest BCUT2D eigenvalue weighted by Crippen LogP contribution is -2.46. The molecule has 0 bridgehead atoms. The van der Waals surface area contributed by atoms with Crippen LogP contribution in [-0.4, -0.2) is 55.8 Å². The quantitative estimate of drug-likeness (QED) is 0.426. The minimum Gasteiger partial charge on any atom is -0.477 e. The highest BCUT2D eigenvalue weighted by Gasteiger charge is 2.45. The molecule has 10 heteroatoms.